The number of fused-ring (bicyclic) bond motifs is 1. The Morgan fingerprint density at radius 2 is 2.11 bits per heavy atom. The van der Waals surface area contributed by atoms with Crippen LogP contribution < -0.4 is 4.90 Å². The number of carbonyl (C=O) groups excluding carboxylic acids is 2. The Morgan fingerprint density at radius 3 is 2.79 bits per heavy atom. The second kappa shape index (κ2) is 4.54. The van der Waals surface area contributed by atoms with Gasteiger partial charge < -0.3 is 4.90 Å². The molecule has 1 aliphatic heterocycles. The molecule has 3 rings (SSSR count). The smallest absolute Gasteiger partial charge is 0.299 e. The number of anilines is 1. The maximum Gasteiger partial charge on any atom is 0.299 e. The summed E-state index contributed by atoms with van der Waals surface area (Å²) in [6.45, 7) is 0.280. The molecule has 3 nitrogen and oxygen atoms in total. The fourth-order valence-electron chi connectivity index (χ4n) is 2.01. The third kappa shape index (κ3) is 2.01. The van der Waals surface area contributed by atoms with E-state index in [1.54, 1.807) is 0 Å². The molecular formula is C13H7BrFNO2S. The summed E-state index contributed by atoms with van der Waals surface area (Å²) in [5.74, 6) is -1.69. The van der Waals surface area contributed by atoms with Crippen molar-refractivity contribution in [3.63, 3.8) is 0 Å². The first kappa shape index (κ1) is 12.5. The highest BCUT2D eigenvalue weighted by Gasteiger charge is 2.36. The summed E-state index contributed by atoms with van der Waals surface area (Å²) in [6, 6.07) is 4.45. The van der Waals surface area contributed by atoms with E-state index in [1.807, 2.05) is 16.8 Å². The van der Waals surface area contributed by atoms with Crippen molar-refractivity contribution in [1.82, 2.24) is 0 Å². The molecule has 0 saturated heterocycles. The van der Waals surface area contributed by atoms with E-state index in [0.717, 1.165) is 5.56 Å². The van der Waals surface area contributed by atoms with E-state index in [1.165, 1.54) is 28.4 Å². The minimum absolute atomic E-state index is 0.185. The molecule has 1 aromatic heterocycles. The monoisotopic (exact) mass is 339 g/mol. The van der Waals surface area contributed by atoms with Gasteiger partial charge >= 0.3 is 0 Å². The number of nitrogens with zero attached hydrogens (tertiary/aromatic N) is 1. The van der Waals surface area contributed by atoms with Crippen LogP contribution in [0.5, 0.6) is 0 Å². The first-order valence-electron chi connectivity index (χ1n) is 5.44. The van der Waals surface area contributed by atoms with E-state index in [4.69, 9.17) is 0 Å². The summed E-state index contributed by atoms with van der Waals surface area (Å²) in [5.41, 5.74) is 1.50. The lowest BCUT2D eigenvalue weighted by atomic mass is 10.1. The van der Waals surface area contributed by atoms with Crippen molar-refractivity contribution in [2.24, 2.45) is 0 Å². The number of rotatable bonds is 2. The second-order valence-corrected chi connectivity index (χ2v) is 5.77. The number of carbonyl (C=O) groups is 2. The number of hydrogen-bond donors (Lipinski definition) is 0. The molecular weight excluding hydrogens is 333 g/mol. The molecule has 1 aliphatic rings. The number of halogens is 2. The fraction of sp³-hybridized carbons (Fsp3) is 0.0769. The molecule has 2 aromatic rings. The Kier molecular flexibility index (Phi) is 2.99. The van der Waals surface area contributed by atoms with Gasteiger partial charge in [0.05, 0.1) is 22.3 Å². The van der Waals surface area contributed by atoms with Crippen LogP contribution >= 0.6 is 27.3 Å². The molecule has 0 atom stereocenters. The minimum Gasteiger partial charge on any atom is -0.300 e. The van der Waals surface area contributed by atoms with Gasteiger partial charge in [0.25, 0.3) is 11.7 Å². The van der Waals surface area contributed by atoms with Crippen LogP contribution in [-0.4, -0.2) is 11.7 Å². The fourth-order valence-corrected chi connectivity index (χ4v) is 3.01. The molecule has 0 saturated carbocycles. The van der Waals surface area contributed by atoms with E-state index in [-0.39, 0.29) is 16.6 Å². The number of hydrogen-bond acceptors (Lipinski definition) is 3. The van der Waals surface area contributed by atoms with Gasteiger partial charge in [-0.05, 0) is 50.5 Å². The number of Topliss-reactive ketones (excluding diaryl/α,β-unsaturated/α-hetero) is 1. The number of ketones is 1. The van der Waals surface area contributed by atoms with Gasteiger partial charge in [0.1, 0.15) is 5.82 Å². The van der Waals surface area contributed by atoms with Crippen LogP contribution in [0.4, 0.5) is 10.1 Å². The van der Waals surface area contributed by atoms with E-state index in [9.17, 15) is 14.0 Å². The summed E-state index contributed by atoms with van der Waals surface area (Å²) >= 11 is 4.53. The summed E-state index contributed by atoms with van der Waals surface area (Å²) in [6.07, 6.45) is 0. The molecule has 0 spiro atoms. The molecule has 0 aliphatic carbocycles. The molecule has 6 heteroatoms. The molecule has 1 amide bonds. The molecule has 0 unspecified atom stereocenters. The van der Waals surface area contributed by atoms with Crippen LogP contribution in [0.1, 0.15) is 15.9 Å². The normalized spacial score (nSPS) is 14.1. The lowest BCUT2D eigenvalue weighted by molar-refractivity contribution is -0.114. The topological polar surface area (TPSA) is 37.4 Å². The Hall–Kier alpha value is -1.53. The standard InChI is InChI=1S/C13H7BrFNO2S/c14-9-3-8-11(4-10(9)15)16(13(18)12(8)17)5-7-1-2-19-6-7/h1-4,6H,5H2. The van der Waals surface area contributed by atoms with Gasteiger partial charge in [0.15, 0.2) is 0 Å². The van der Waals surface area contributed by atoms with Crippen molar-refractivity contribution >= 4 is 44.6 Å². The van der Waals surface area contributed by atoms with Crippen LogP contribution in [-0.2, 0) is 11.3 Å². The summed E-state index contributed by atoms with van der Waals surface area (Å²) in [5, 5.41) is 3.78. The van der Waals surface area contributed by atoms with Crippen LogP contribution in [0.2, 0.25) is 0 Å². The molecule has 0 radical (unpaired) electrons. The summed E-state index contributed by atoms with van der Waals surface area (Å²) in [4.78, 5) is 25.1. The Morgan fingerprint density at radius 1 is 1.32 bits per heavy atom. The predicted molar refractivity (Wildman–Crippen MR) is 73.9 cm³/mol. The molecule has 0 bridgehead atoms. The van der Waals surface area contributed by atoms with Gasteiger partial charge in [-0.2, -0.15) is 11.3 Å². The van der Waals surface area contributed by atoms with Crippen molar-refractivity contribution < 1.29 is 14.0 Å². The van der Waals surface area contributed by atoms with Crippen molar-refractivity contribution in [2.45, 2.75) is 6.54 Å². The van der Waals surface area contributed by atoms with E-state index < -0.39 is 17.5 Å². The van der Waals surface area contributed by atoms with Crippen LogP contribution in [0.3, 0.4) is 0 Å². The van der Waals surface area contributed by atoms with Gasteiger partial charge in [-0.25, -0.2) is 4.39 Å². The minimum atomic E-state index is -0.612. The number of benzene rings is 1. The predicted octanol–water partition coefficient (Wildman–Crippen LogP) is 3.38. The first-order chi connectivity index (χ1) is 9.08. The molecule has 19 heavy (non-hydrogen) atoms. The Balaban J connectivity index is 2.06. The highest BCUT2D eigenvalue weighted by Crippen LogP contribution is 2.34. The summed E-state index contributed by atoms with van der Waals surface area (Å²) < 4.78 is 13.8. The average Bonchev–Trinajstić information content (AvgIpc) is 2.96. The molecule has 1 aromatic carbocycles. The van der Waals surface area contributed by atoms with Crippen LogP contribution in [0.15, 0.2) is 33.4 Å². The molecule has 96 valence electrons. The SMILES string of the molecule is O=C1C(=O)N(Cc2ccsc2)c2cc(F)c(Br)cc21. The van der Waals surface area contributed by atoms with E-state index in [2.05, 4.69) is 15.9 Å². The third-order valence-electron chi connectivity index (χ3n) is 2.93. The zero-order valence-electron chi connectivity index (χ0n) is 9.52. The Bertz CT molecular complexity index is 684. The van der Waals surface area contributed by atoms with Crippen molar-refractivity contribution in [3.8, 4) is 0 Å². The van der Waals surface area contributed by atoms with E-state index >= 15 is 0 Å². The summed E-state index contributed by atoms with van der Waals surface area (Å²) in [7, 11) is 0. The van der Waals surface area contributed by atoms with E-state index in [0.29, 0.717) is 5.69 Å². The van der Waals surface area contributed by atoms with Crippen LogP contribution in [0, 0.1) is 5.82 Å². The van der Waals surface area contributed by atoms with Gasteiger partial charge in [-0.3, -0.25) is 9.59 Å². The van der Waals surface area contributed by atoms with Crippen molar-refractivity contribution in [1.29, 1.82) is 0 Å². The maximum absolute atomic E-state index is 13.6. The maximum atomic E-state index is 13.6. The highest BCUT2D eigenvalue weighted by atomic mass is 79.9. The van der Waals surface area contributed by atoms with Gasteiger partial charge in [-0.15, -0.1) is 0 Å². The third-order valence-corrected chi connectivity index (χ3v) is 4.27. The first-order valence-corrected chi connectivity index (χ1v) is 7.18. The zero-order valence-corrected chi connectivity index (χ0v) is 11.9. The number of amides is 1. The highest BCUT2D eigenvalue weighted by molar-refractivity contribution is 9.10. The lowest BCUT2D eigenvalue weighted by Gasteiger charge is -2.15. The van der Waals surface area contributed by atoms with Crippen LogP contribution in [0.25, 0.3) is 0 Å². The van der Waals surface area contributed by atoms with Gasteiger partial charge in [0.2, 0.25) is 0 Å². The largest absolute Gasteiger partial charge is 0.300 e. The van der Waals surface area contributed by atoms with Crippen molar-refractivity contribution in [3.05, 3.63) is 50.4 Å². The molecule has 0 N–H and O–H groups in total. The quantitative estimate of drug-likeness (QED) is 0.786. The van der Waals surface area contributed by atoms with Gasteiger partial charge in [0, 0.05) is 0 Å². The molecule has 0 fully saturated rings. The van der Waals surface area contributed by atoms with Crippen molar-refractivity contribution in [2.75, 3.05) is 4.90 Å². The average molecular weight is 340 g/mol. The second-order valence-electron chi connectivity index (χ2n) is 4.14. The Labute approximate surface area is 120 Å². The number of thiophene rings is 1. The van der Waals surface area contributed by atoms with Gasteiger partial charge in [-0.1, -0.05) is 0 Å². The zero-order chi connectivity index (χ0) is 13.6. The lowest BCUT2D eigenvalue weighted by Crippen LogP contribution is -2.28. The molecule has 2 heterocycles.